The van der Waals surface area contributed by atoms with Gasteiger partial charge in [0.2, 0.25) is 5.56 Å². The Morgan fingerprint density at radius 1 is 1.00 bits per heavy atom. The Morgan fingerprint density at radius 3 is 2.50 bits per heavy atom. The topological polar surface area (TPSA) is 32.9 Å². The number of pyridine rings is 1. The van der Waals surface area contributed by atoms with Gasteiger partial charge in [0, 0.05) is 17.3 Å². The van der Waals surface area contributed by atoms with E-state index in [0.717, 1.165) is 16.8 Å². The quantitative estimate of drug-likeness (QED) is 0.726. The molecule has 0 unspecified atom stereocenters. The molecule has 2 nitrogen and oxygen atoms in total. The van der Waals surface area contributed by atoms with Gasteiger partial charge in [-0.05, 0) is 18.6 Å². The van der Waals surface area contributed by atoms with Crippen LogP contribution in [-0.4, -0.2) is 4.98 Å². The van der Waals surface area contributed by atoms with Gasteiger partial charge in [0.1, 0.15) is 0 Å². The molecule has 0 spiro atoms. The molecule has 14 heavy (non-hydrogen) atoms. The molecule has 1 heterocycles. The fourth-order valence-electron chi connectivity index (χ4n) is 1.48. The number of aryl methyl sites for hydroxylation is 1. The third-order valence-electron chi connectivity index (χ3n) is 2.20. The summed E-state index contributed by atoms with van der Waals surface area (Å²) in [5.74, 6) is 0. The highest BCUT2D eigenvalue weighted by molar-refractivity contribution is 5.62. The summed E-state index contributed by atoms with van der Waals surface area (Å²) in [4.78, 5) is 13.9. The van der Waals surface area contributed by atoms with Gasteiger partial charge in [-0.3, -0.25) is 4.79 Å². The van der Waals surface area contributed by atoms with Crippen LogP contribution in [0.2, 0.25) is 0 Å². The predicted molar refractivity (Wildman–Crippen MR) is 57.2 cm³/mol. The monoisotopic (exact) mass is 185 g/mol. The third-order valence-corrected chi connectivity index (χ3v) is 2.20. The molecule has 1 N–H and O–H groups in total. The standard InChI is InChI=1S/C12H11NO/c1-9-5-2-3-6-10(9)11-7-4-8-12(14)13-11/h2-8H,1H3,(H,13,14). The number of aromatic nitrogens is 1. The molecule has 0 radical (unpaired) electrons. The second-order valence-corrected chi connectivity index (χ2v) is 3.24. The van der Waals surface area contributed by atoms with Gasteiger partial charge in [-0.25, -0.2) is 0 Å². The Hall–Kier alpha value is -1.83. The van der Waals surface area contributed by atoms with Crippen LogP contribution in [0, 0.1) is 6.92 Å². The van der Waals surface area contributed by atoms with Gasteiger partial charge in [0.15, 0.2) is 0 Å². The van der Waals surface area contributed by atoms with Crippen molar-refractivity contribution in [3.05, 3.63) is 58.4 Å². The maximum Gasteiger partial charge on any atom is 0.248 e. The summed E-state index contributed by atoms with van der Waals surface area (Å²) in [6.45, 7) is 2.03. The van der Waals surface area contributed by atoms with Crippen LogP contribution in [0.4, 0.5) is 0 Å². The van der Waals surface area contributed by atoms with E-state index < -0.39 is 0 Å². The zero-order valence-electron chi connectivity index (χ0n) is 7.95. The van der Waals surface area contributed by atoms with Gasteiger partial charge in [0.05, 0.1) is 0 Å². The average molecular weight is 185 g/mol. The molecular formula is C12H11NO. The highest BCUT2D eigenvalue weighted by Crippen LogP contribution is 2.18. The van der Waals surface area contributed by atoms with E-state index in [1.807, 2.05) is 37.3 Å². The first-order valence-corrected chi connectivity index (χ1v) is 4.53. The summed E-state index contributed by atoms with van der Waals surface area (Å²) >= 11 is 0. The molecule has 0 amide bonds. The van der Waals surface area contributed by atoms with E-state index in [-0.39, 0.29) is 5.56 Å². The van der Waals surface area contributed by atoms with Crippen LogP contribution >= 0.6 is 0 Å². The van der Waals surface area contributed by atoms with Gasteiger partial charge in [0.25, 0.3) is 0 Å². The largest absolute Gasteiger partial charge is 0.322 e. The number of hydrogen-bond acceptors (Lipinski definition) is 1. The first kappa shape index (κ1) is 8.75. The second-order valence-electron chi connectivity index (χ2n) is 3.24. The van der Waals surface area contributed by atoms with Crippen LogP contribution in [-0.2, 0) is 0 Å². The molecule has 2 aromatic rings. The van der Waals surface area contributed by atoms with E-state index >= 15 is 0 Å². The second kappa shape index (κ2) is 3.50. The Morgan fingerprint density at radius 2 is 1.79 bits per heavy atom. The molecule has 0 aliphatic carbocycles. The van der Waals surface area contributed by atoms with E-state index in [1.165, 1.54) is 6.07 Å². The summed E-state index contributed by atoms with van der Waals surface area (Å²) in [7, 11) is 0. The minimum atomic E-state index is -0.0641. The summed E-state index contributed by atoms with van der Waals surface area (Å²) in [5.41, 5.74) is 3.04. The fraction of sp³-hybridized carbons (Fsp3) is 0.0833. The molecule has 0 saturated carbocycles. The number of nitrogens with one attached hydrogen (secondary N) is 1. The molecule has 0 aliphatic heterocycles. The Kier molecular flexibility index (Phi) is 2.19. The fourth-order valence-corrected chi connectivity index (χ4v) is 1.48. The van der Waals surface area contributed by atoms with Crippen molar-refractivity contribution in [3.63, 3.8) is 0 Å². The van der Waals surface area contributed by atoms with E-state index in [0.29, 0.717) is 0 Å². The Balaban J connectivity index is 2.61. The minimum Gasteiger partial charge on any atom is -0.322 e. The smallest absolute Gasteiger partial charge is 0.248 e. The van der Waals surface area contributed by atoms with Gasteiger partial charge in [-0.1, -0.05) is 30.3 Å². The summed E-state index contributed by atoms with van der Waals surface area (Å²) < 4.78 is 0. The molecule has 1 aromatic heterocycles. The number of hydrogen-bond donors (Lipinski definition) is 1. The van der Waals surface area contributed by atoms with Crippen LogP contribution in [0.1, 0.15) is 5.56 Å². The van der Waals surface area contributed by atoms with Crippen molar-refractivity contribution in [3.8, 4) is 11.3 Å². The van der Waals surface area contributed by atoms with E-state index in [2.05, 4.69) is 4.98 Å². The lowest BCUT2D eigenvalue weighted by molar-refractivity contribution is 1.23. The Bertz CT molecular complexity index is 499. The third kappa shape index (κ3) is 1.59. The van der Waals surface area contributed by atoms with Crippen molar-refractivity contribution < 1.29 is 0 Å². The lowest BCUT2D eigenvalue weighted by Gasteiger charge is -2.04. The molecule has 0 atom stereocenters. The molecule has 0 saturated heterocycles. The number of benzene rings is 1. The number of aromatic amines is 1. The molecule has 2 heteroatoms. The lowest BCUT2D eigenvalue weighted by Crippen LogP contribution is -2.03. The van der Waals surface area contributed by atoms with Crippen LogP contribution in [0.5, 0.6) is 0 Å². The molecule has 0 aliphatic rings. The number of rotatable bonds is 1. The minimum absolute atomic E-state index is 0.0641. The van der Waals surface area contributed by atoms with E-state index in [1.54, 1.807) is 6.07 Å². The normalized spacial score (nSPS) is 10.1. The molecule has 0 fully saturated rings. The summed E-state index contributed by atoms with van der Waals surface area (Å²) in [6.07, 6.45) is 0. The van der Waals surface area contributed by atoms with Crippen LogP contribution in [0.15, 0.2) is 47.3 Å². The van der Waals surface area contributed by atoms with Crippen LogP contribution in [0.3, 0.4) is 0 Å². The molecular weight excluding hydrogens is 174 g/mol. The number of H-pyrrole nitrogens is 1. The van der Waals surface area contributed by atoms with Crippen molar-refractivity contribution in [1.82, 2.24) is 4.98 Å². The summed E-state index contributed by atoms with van der Waals surface area (Å²) in [6, 6.07) is 13.2. The molecule has 2 rings (SSSR count). The maximum absolute atomic E-state index is 11.1. The average Bonchev–Trinajstić information content (AvgIpc) is 2.18. The van der Waals surface area contributed by atoms with E-state index in [9.17, 15) is 4.79 Å². The highest BCUT2D eigenvalue weighted by atomic mass is 16.1. The zero-order chi connectivity index (χ0) is 9.97. The predicted octanol–water partition coefficient (Wildman–Crippen LogP) is 2.35. The molecule has 1 aromatic carbocycles. The van der Waals surface area contributed by atoms with Crippen molar-refractivity contribution in [2.75, 3.05) is 0 Å². The first-order chi connectivity index (χ1) is 6.77. The van der Waals surface area contributed by atoms with Crippen molar-refractivity contribution in [2.45, 2.75) is 6.92 Å². The van der Waals surface area contributed by atoms with Crippen molar-refractivity contribution in [1.29, 1.82) is 0 Å². The first-order valence-electron chi connectivity index (χ1n) is 4.53. The van der Waals surface area contributed by atoms with Crippen molar-refractivity contribution >= 4 is 0 Å². The Labute approximate surface area is 82.2 Å². The van der Waals surface area contributed by atoms with Crippen molar-refractivity contribution in [2.24, 2.45) is 0 Å². The highest BCUT2D eigenvalue weighted by Gasteiger charge is 1.99. The van der Waals surface area contributed by atoms with E-state index in [4.69, 9.17) is 0 Å². The molecule has 70 valence electrons. The zero-order valence-corrected chi connectivity index (χ0v) is 7.95. The van der Waals surface area contributed by atoms with Crippen LogP contribution in [0.25, 0.3) is 11.3 Å². The lowest BCUT2D eigenvalue weighted by atomic mass is 10.1. The molecule has 0 bridgehead atoms. The maximum atomic E-state index is 11.1. The van der Waals surface area contributed by atoms with Gasteiger partial charge < -0.3 is 4.98 Å². The van der Waals surface area contributed by atoms with Gasteiger partial charge >= 0.3 is 0 Å². The summed E-state index contributed by atoms with van der Waals surface area (Å²) in [5, 5.41) is 0. The van der Waals surface area contributed by atoms with Crippen LogP contribution < -0.4 is 5.56 Å². The van der Waals surface area contributed by atoms with Gasteiger partial charge in [-0.2, -0.15) is 0 Å². The van der Waals surface area contributed by atoms with Gasteiger partial charge in [-0.15, -0.1) is 0 Å². The SMILES string of the molecule is Cc1ccccc1-c1cccc(=O)[nH]1.